The predicted molar refractivity (Wildman–Crippen MR) is 82.2 cm³/mol. The third-order valence-corrected chi connectivity index (χ3v) is 4.18. The van der Waals surface area contributed by atoms with Crippen molar-refractivity contribution in [1.82, 2.24) is 15.1 Å². The molecule has 5 nitrogen and oxygen atoms in total. The van der Waals surface area contributed by atoms with Crippen molar-refractivity contribution < 1.29 is 9.90 Å². The number of hydrogen-bond acceptors (Lipinski definition) is 4. The summed E-state index contributed by atoms with van der Waals surface area (Å²) in [5.41, 5.74) is 1.74. The van der Waals surface area contributed by atoms with Gasteiger partial charge in [0.1, 0.15) is 0 Å². The zero-order chi connectivity index (χ0) is 15.4. The summed E-state index contributed by atoms with van der Waals surface area (Å²) in [6.07, 6.45) is 4.13. The molecule has 1 aromatic heterocycles. The van der Waals surface area contributed by atoms with Crippen LogP contribution in [0, 0.1) is 5.92 Å². The number of likely N-dealkylation sites (tertiary alicyclic amines) is 1. The molecule has 1 N–H and O–H groups in total. The van der Waals surface area contributed by atoms with Gasteiger partial charge in [-0.05, 0) is 30.4 Å². The van der Waals surface area contributed by atoms with Crippen LogP contribution in [0.4, 0.5) is 0 Å². The van der Waals surface area contributed by atoms with Crippen LogP contribution in [0.1, 0.15) is 22.3 Å². The lowest BCUT2D eigenvalue weighted by molar-refractivity contribution is 0.0197. The minimum Gasteiger partial charge on any atom is -0.391 e. The van der Waals surface area contributed by atoms with Gasteiger partial charge in [0.25, 0.3) is 5.91 Å². The van der Waals surface area contributed by atoms with Gasteiger partial charge in [-0.15, -0.1) is 0 Å². The van der Waals surface area contributed by atoms with Crippen molar-refractivity contribution in [1.29, 1.82) is 0 Å². The largest absolute Gasteiger partial charge is 0.391 e. The second-order valence-corrected chi connectivity index (χ2v) is 5.69. The summed E-state index contributed by atoms with van der Waals surface area (Å²) in [4.78, 5) is 14.1. The molecule has 2 aromatic rings. The third-order valence-electron chi connectivity index (χ3n) is 4.18. The number of aromatic nitrogens is 2. The summed E-state index contributed by atoms with van der Waals surface area (Å²) in [6.45, 7) is 1.04. The molecule has 1 fully saturated rings. The highest BCUT2D eigenvalue weighted by Crippen LogP contribution is 2.23. The van der Waals surface area contributed by atoms with Crippen molar-refractivity contribution in [3.8, 4) is 0 Å². The van der Waals surface area contributed by atoms with Gasteiger partial charge in [-0.1, -0.05) is 30.3 Å². The number of hydrogen-bond donors (Lipinski definition) is 1. The summed E-state index contributed by atoms with van der Waals surface area (Å²) in [6, 6.07) is 11.8. The van der Waals surface area contributed by atoms with E-state index in [9.17, 15) is 9.90 Å². The normalized spacial score (nSPS) is 21.6. The number of benzene rings is 1. The predicted octanol–water partition coefficient (Wildman–Crippen LogP) is 1.54. The van der Waals surface area contributed by atoms with E-state index in [1.165, 1.54) is 18.0 Å². The Balaban J connectivity index is 1.61. The van der Waals surface area contributed by atoms with Gasteiger partial charge in [-0.25, -0.2) is 0 Å². The first-order valence-corrected chi connectivity index (χ1v) is 7.52. The second-order valence-electron chi connectivity index (χ2n) is 5.69. The van der Waals surface area contributed by atoms with Gasteiger partial charge in [0.15, 0.2) is 0 Å². The molecular weight excluding hydrogens is 278 g/mol. The zero-order valence-corrected chi connectivity index (χ0v) is 12.3. The van der Waals surface area contributed by atoms with Crippen LogP contribution in [-0.4, -0.2) is 45.3 Å². The molecule has 0 aliphatic carbocycles. The van der Waals surface area contributed by atoms with Crippen molar-refractivity contribution in [3.05, 3.63) is 59.9 Å². The van der Waals surface area contributed by atoms with Crippen LogP contribution in [0.5, 0.6) is 0 Å². The fraction of sp³-hybridized carbons (Fsp3) is 0.353. The van der Waals surface area contributed by atoms with Crippen LogP contribution in [-0.2, 0) is 6.42 Å². The average molecular weight is 297 g/mol. The SMILES string of the molecule is O=C(c1ccnnc1)N1CC[C@H](Cc2ccccc2)[C@H](O)C1. The van der Waals surface area contributed by atoms with E-state index in [0.29, 0.717) is 18.7 Å². The van der Waals surface area contributed by atoms with Crippen LogP contribution in [0.15, 0.2) is 48.8 Å². The molecular formula is C17H19N3O2. The first-order chi connectivity index (χ1) is 10.7. The summed E-state index contributed by atoms with van der Waals surface area (Å²) >= 11 is 0. The molecule has 114 valence electrons. The smallest absolute Gasteiger partial charge is 0.255 e. The van der Waals surface area contributed by atoms with Crippen molar-refractivity contribution in [2.24, 2.45) is 5.92 Å². The van der Waals surface area contributed by atoms with Crippen molar-refractivity contribution in [3.63, 3.8) is 0 Å². The Morgan fingerprint density at radius 3 is 2.73 bits per heavy atom. The lowest BCUT2D eigenvalue weighted by Gasteiger charge is -2.36. The standard InChI is InChI=1S/C17H19N3O2/c21-16-12-20(17(22)15-6-8-18-19-11-15)9-7-14(16)10-13-4-2-1-3-5-13/h1-6,8,11,14,16,21H,7,9-10,12H2/t14-,16-/m1/s1. The molecule has 0 unspecified atom stereocenters. The van der Waals surface area contributed by atoms with E-state index in [1.807, 2.05) is 18.2 Å². The quantitative estimate of drug-likeness (QED) is 0.933. The fourth-order valence-corrected chi connectivity index (χ4v) is 2.92. The van der Waals surface area contributed by atoms with E-state index < -0.39 is 6.10 Å². The van der Waals surface area contributed by atoms with Gasteiger partial charge in [-0.3, -0.25) is 4.79 Å². The molecule has 2 heterocycles. The number of β-amino-alcohol motifs (C(OH)–C–C–N with tert-alkyl or cyclic N) is 1. The number of nitrogens with zero attached hydrogens (tertiary/aromatic N) is 3. The van der Waals surface area contributed by atoms with Gasteiger partial charge in [-0.2, -0.15) is 10.2 Å². The Morgan fingerprint density at radius 1 is 1.23 bits per heavy atom. The van der Waals surface area contributed by atoms with Gasteiger partial charge >= 0.3 is 0 Å². The lowest BCUT2D eigenvalue weighted by Crippen LogP contribution is -2.47. The number of aliphatic hydroxyl groups excluding tert-OH is 1. The Morgan fingerprint density at radius 2 is 2.05 bits per heavy atom. The van der Waals surface area contributed by atoms with E-state index in [1.54, 1.807) is 11.0 Å². The molecule has 1 aromatic carbocycles. The Labute approximate surface area is 129 Å². The Bertz CT molecular complexity index is 618. The molecule has 22 heavy (non-hydrogen) atoms. The number of rotatable bonds is 3. The molecule has 0 radical (unpaired) electrons. The Kier molecular flexibility index (Phi) is 4.44. The fourth-order valence-electron chi connectivity index (χ4n) is 2.92. The minimum atomic E-state index is -0.493. The van der Waals surface area contributed by atoms with Crippen molar-refractivity contribution in [2.75, 3.05) is 13.1 Å². The van der Waals surface area contributed by atoms with Crippen LogP contribution >= 0.6 is 0 Å². The van der Waals surface area contributed by atoms with Crippen LogP contribution < -0.4 is 0 Å². The lowest BCUT2D eigenvalue weighted by atomic mass is 9.87. The molecule has 0 spiro atoms. The first-order valence-electron chi connectivity index (χ1n) is 7.52. The number of carbonyl (C=O) groups is 1. The maximum Gasteiger partial charge on any atom is 0.255 e. The summed E-state index contributed by atoms with van der Waals surface area (Å²) < 4.78 is 0. The molecule has 2 atom stereocenters. The molecule has 5 heteroatoms. The van der Waals surface area contributed by atoms with Crippen LogP contribution in [0.2, 0.25) is 0 Å². The van der Waals surface area contributed by atoms with Gasteiger partial charge in [0, 0.05) is 13.1 Å². The van der Waals surface area contributed by atoms with Gasteiger partial charge in [0.2, 0.25) is 0 Å². The molecule has 1 saturated heterocycles. The molecule has 1 aliphatic rings. The van der Waals surface area contributed by atoms with Crippen molar-refractivity contribution in [2.45, 2.75) is 18.9 Å². The Hall–Kier alpha value is -2.27. The molecule has 0 bridgehead atoms. The minimum absolute atomic E-state index is 0.0906. The van der Waals surface area contributed by atoms with E-state index in [2.05, 4.69) is 22.3 Å². The van der Waals surface area contributed by atoms with E-state index in [-0.39, 0.29) is 11.8 Å². The molecule has 1 amide bonds. The number of aliphatic hydroxyl groups is 1. The summed E-state index contributed by atoms with van der Waals surface area (Å²) in [5, 5.41) is 17.8. The summed E-state index contributed by atoms with van der Waals surface area (Å²) in [7, 11) is 0. The number of amides is 1. The van der Waals surface area contributed by atoms with E-state index >= 15 is 0 Å². The highest BCUT2D eigenvalue weighted by atomic mass is 16.3. The highest BCUT2D eigenvalue weighted by molar-refractivity contribution is 5.93. The molecule has 3 rings (SSSR count). The highest BCUT2D eigenvalue weighted by Gasteiger charge is 2.30. The zero-order valence-electron chi connectivity index (χ0n) is 12.3. The first kappa shape index (κ1) is 14.7. The number of carbonyl (C=O) groups excluding carboxylic acids is 1. The topological polar surface area (TPSA) is 66.3 Å². The van der Waals surface area contributed by atoms with E-state index in [0.717, 1.165) is 12.8 Å². The monoisotopic (exact) mass is 297 g/mol. The maximum atomic E-state index is 12.4. The molecule has 1 aliphatic heterocycles. The van der Waals surface area contributed by atoms with Crippen LogP contribution in [0.3, 0.4) is 0 Å². The average Bonchev–Trinajstić information content (AvgIpc) is 2.58. The number of piperidine rings is 1. The van der Waals surface area contributed by atoms with Crippen molar-refractivity contribution >= 4 is 5.91 Å². The van der Waals surface area contributed by atoms with E-state index in [4.69, 9.17) is 0 Å². The van der Waals surface area contributed by atoms with Crippen LogP contribution in [0.25, 0.3) is 0 Å². The summed E-state index contributed by atoms with van der Waals surface area (Å²) in [5.74, 6) is 0.106. The second kappa shape index (κ2) is 6.66. The molecule has 0 saturated carbocycles. The van der Waals surface area contributed by atoms with Gasteiger partial charge < -0.3 is 10.0 Å². The van der Waals surface area contributed by atoms with Gasteiger partial charge in [0.05, 0.1) is 24.1 Å². The third kappa shape index (κ3) is 3.31. The maximum absolute atomic E-state index is 12.4.